The summed E-state index contributed by atoms with van der Waals surface area (Å²) in [4.78, 5) is 12.8. The second-order valence-electron chi connectivity index (χ2n) is 7.70. The molecular formula is C22H19Br2Cl2NO3. The number of hydrogen-bond donors (Lipinski definition) is 0. The van der Waals surface area contributed by atoms with Crippen molar-refractivity contribution in [3.05, 3.63) is 60.2 Å². The zero-order valence-corrected chi connectivity index (χ0v) is 20.9. The average molecular weight is 576 g/mol. The fourth-order valence-corrected chi connectivity index (χ4v) is 4.78. The van der Waals surface area contributed by atoms with Gasteiger partial charge >= 0.3 is 5.97 Å². The third kappa shape index (κ3) is 5.13. The number of benzene rings is 2. The third-order valence-corrected chi connectivity index (χ3v) is 7.74. The summed E-state index contributed by atoms with van der Waals surface area (Å²) in [5, 5.41) is 9.06. The number of esters is 1. The van der Waals surface area contributed by atoms with Crippen LogP contribution in [0.3, 0.4) is 0 Å². The first-order valence-electron chi connectivity index (χ1n) is 9.19. The van der Waals surface area contributed by atoms with Crippen molar-refractivity contribution in [2.24, 2.45) is 17.3 Å². The molecule has 0 saturated heterocycles. The summed E-state index contributed by atoms with van der Waals surface area (Å²) in [5.74, 6) is 0.0660. The molecule has 0 spiro atoms. The number of halogens is 4. The molecular weight excluding hydrogens is 557 g/mol. The molecule has 2 unspecified atom stereocenters. The van der Waals surface area contributed by atoms with Gasteiger partial charge in [-0.3, -0.25) is 4.79 Å². The molecule has 158 valence electrons. The lowest BCUT2D eigenvalue weighted by atomic mass is 10.1. The van der Waals surface area contributed by atoms with Gasteiger partial charge < -0.3 is 9.47 Å². The highest BCUT2D eigenvalue weighted by atomic mass is 79.9. The Morgan fingerprint density at radius 1 is 1.17 bits per heavy atom. The smallest absolute Gasteiger partial charge is 0.311 e. The highest BCUT2D eigenvalue weighted by Gasteiger charge is 2.68. The Hall–Kier alpha value is -1.26. The van der Waals surface area contributed by atoms with Gasteiger partial charge in [0.15, 0.2) is 2.69 Å². The molecule has 1 saturated carbocycles. The van der Waals surface area contributed by atoms with Gasteiger partial charge in [0.05, 0.1) is 11.3 Å². The van der Waals surface area contributed by atoms with Gasteiger partial charge in [-0.15, -0.1) is 11.6 Å². The van der Waals surface area contributed by atoms with E-state index in [0.29, 0.717) is 17.1 Å². The monoisotopic (exact) mass is 573 g/mol. The standard InChI is InChI=1S/C22H19Br2Cl2NO3/c1-21(2)17(19(25)22(23,24)26)18(21)20(28)30-16(12-27)13-7-6-10-15(11-13)29-14-8-4-3-5-9-14/h3-11,16-19H,1-2H3/t16?,17-,18-,19?/m0/s1. The minimum absolute atomic E-state index is 0.213. The zero-order valence-electron chi connectivity index (χ0n) is 16.2. The van der Waals surface area contributed by atoms with E-state index in [4.69, 9.17) is 32.7 Å². The van der Waals surface area contributed by atoms with Gasteiger partial charge in [-0.2, -0.15) is 5.26 Å². The van der Waals surface area contributed by atoms with Crippen molar-refractivity contribution in [1.29, 1.82) is 5.26 Å². The van der Waals surface area contributed by atoms with Gasteiger partial charge in [-0.05, 0) is 35.6 Å². The number of rotatable bonds is 7. The summed E-state index contributed by atoms with van der Waals surface area (Å²) in [6.07, 6.45) is -1.06. The summed E-state index contributed by atoms with van der Waals surface area (Å²) in [7, 11) is 0. The van der Waals surface area contributed by atoms with Crippen LogP contribution in [0, 0.1) is 28.6 Å². The lowest BCUT2D eigenvalue weighted by Gasteiger charge is -2.20. The Balaban J connectivity index is 1.72. The van der Waals surface area contributed by atoms with E-state index in [2.05, 4.69) is 31.9 Å². The quantitative estimate of drug-likeness (QED) is 0.260. The molecule has 0 amide bonds. The van der Waals surface area contributed by atoms with Gasteiger partial charge in [-0.25, -0.2) is 0 Å². The van der Waals surface area contributed by atoms with Crippen LogP contribution in [0.25, 0.3) is 0 Å². The molecule has 30 heavy (non-hydrogen) atoms. The van der Waals surface area contributed by atoms with Crippen LogP contribution in [-0.2, 0) is 9.53 Å². The van der Waals surface area contributed by atoms with Crippen LogP contribution < -0.4 is 4.74 Å². The number of ether oxygens (including phenoxy) is 2. The van der Waals surface area contributed by atoms with Crippen LogP contribution in [0.4, 0.5) is 0 Å². The lowest BCUT2D eigenvalue weighted by molar-refractivity contribution is -0.149. The van der Waals surface area contributed by atoms with Gasteiger partial charge in [0.2, 0.25) is 6.10 Å². The first-order chi connectivity index (χ1) is 14.1. The zero-order chi connectivity index (χ0) is 22.1. The van der Waals surface area contributed by atoms with Crippen LogP contribution in [0.5, 0.6) is 11.5 Å². The molecule has 3 rings (SSSR count). The van der Waals surface area contributed by atoms with Crippen molar-refractivity contribution in [3.63, 3.8) is 0 Å². The largest absolute Gasteiger partial charge is 0.457 e. The number of hydrogen-bond acceptors (Lipinski definition) is 4. The first kappa shape index (κ1) is 23.4. The Morgan fingerprint density at radius 3 is 2.40 bits per heavy atom. The number of carbonyl (C=O) groups is 1. The van der Waals surface area contributed by atoms with Crippen molar-refractivity contribution >= 4 is 61.0 Å². The number of carbonyl (C=O) groups excluding carboxylic acids is 1. The second-order valence-corrected chi connectivity index (χ2v) is 13.2. The van der Waals surface area contributed by atoms with E-state index >= 15 is 0 Å². The number of alkyl halides is 4. The maximum Gasteiger partial charge on any atom is 0.311 e. The van der Waals surface area contributed by atoms with Gasteiger partial charge in [-0.1, -0.05) is 87.6 Å². The summed E-state index contributed by atoms with van der Waals surface area (Å²) in [6, 6.07) is 18.3. The fourth-order valence-electron chi connectivity index (χ4n) is 3.60. The molecule has 0 N–H and O–H groups in total. The molecule has 2 aromatic rings. The van der Waals surface area contributed by atoms with Gasteiger partial charge in [0.25, 0.3) is 0 Å². The van der Waals surface area contributed by atoms with Crippen molar-refractivity contribution in [2.75, 3.05) is 0 Å². The minimum atomic E-state index is -1.06. The molecule has 1 aliphatic rings. The summed E-state index contributed by atoms with van der Waals surface area (Å²) in [5.41, 5.74) is 0.132. The van der Waals surface area contributed by atoms with Crippen molar-refractivity contribution in [1.82, 2.24) is 0 Å². The summed E-state index contributed by atoms with van der Waals surface area (Å²) >= 11 is 19.2. The predicted molar refractivity (Wildman–Crippen MR) is 124 cm³/mol. The Kier molecular flexibility index (Phi) is 7.08. The highest BCUT2D eigenvalue weighted by molar-refractivity contribution is 9.26. The van der Waals surface area contributed by atoms with Crippen LogP contribution in [-0.4, -0.2) is 14.0 Å². The van der Waals surface area contributed by atoms with Crippen molar-refractivity contribution < 1.29 is 14.3 Å². The van der Waals surface area contributed by atoms with E-state index in [1.54, 1.807) is 24.3 Å². The van der Waals surface area contributed by atoms with Gasteiger partial charge in [0.1, 0.15) is 17.6 Å². The molecule has 0 bridgehead atoms. The number of nitriles is 1. The maximum atomic E-state index is 12.8. The highest BCUT2D eigenvalue weighted by Crippen LogP contribution is 2.65. The van der Waals surface area contributed by atoms with E-state index in [0.717, 1.165) is 0 Å². The van der Waals surface area contributed by atoms with Crippen molar-refractivity contribution in [2.45, 2.75) is 28.0 Å². The van der Waals surface area contributed by atoms with Crippen LogP contribution in [0.15, 0.2) is 54.6 Å². The van der Waals surface area contributed by atoms with Crippen LogP contribution >= 0.6 is 55.1 Å². The SMILES string of the molecule is CC1(C)[C@H](C(=O)OC(C#N)c2cccc(Oc3ccccc3)c2)[C@H]1C(Cl)C(Cl)(Br)Br. The number of nitrogens with zero attached hydrogens (tertiary/aromatic N) is 1. The van der Waals surface area contributed by atoms with E-state index < -0.39 is 31.5 Å². The van der Waals surface area contributed by atoms with E-state index in [9.17, 15) is 10.1 Å². The molecule has 1 fully saturated rings. The molecule has 1 aliphatic carbocycles. The topological polar surface area (TPSA) is 59.3 Å². The Morgan fingerprint density at radius 2 is 1.80 bits per heavy atom. The molecule has 4 atom stereocenters. The number of para-hydroxylation sites is 1. The Bertz CT molecular complexity index is 957. The maximum absolute atomic E-state index is 12.8. The molecule has 0 radical (unpaired) electrons. The normalized spacial score (nSPS) is 21.8. The van der Waals surface area contributed by atoms with Crippen molar-refractivity contribution in [3.8, 4) is 17.6 Å². The third-order valence-electron chi connectivity index (χ3n) is 5.28. The summed E-state index contributed by atoms with van der Waals surface area (Å²) in [6.45, 7) is 3.86. The molecule has 8 heteroatoms. The fraction of sp³-hybridized carbons (Fsp3) is 0.364. The molecule has 0 aliphatic heterocycles. The second kappa shape index (κ2) is 9.08. The molecule has 0 aromatic heterocycles. The molecule has 2 aromatic carbocycles. The molecule has 0 heterocycles. The molecule has 4 nitrogen and oxygen atoms in total. The lowest BCUT2D eigenvalue weighted by Crippen LogP contribution is -2.24. The minimum Gasteiger partial charge on any atom is -0.457 e. The summed E-state index contributed by atoms with van der Waals surface area (Å²) < 4.78 is 10.3. The van der Waals surface area contributed by atoms with E-state index in [1.165, 1.54) is 0 Å². The Labute approximate surface area is 202 Å². The van der Waals surface area contributed by atoms with E-state index in [-0.39, 0.29) is 5.92 Å². The predicted octanol–water partition coefficient (Wildman–Crippen LogP) is 7.15. The van der Waals surface area contributed by atoms with Crippen LogP contribution in [0.2, 0.25) is 0 Å². The first-order valence-corrected chi connectivity index (χ1v) is 11.6. The average Bonchev–Trinajstić information content (AvgIpc) is 3.27. The van der Waals surface area contributed by atoms with Gasteiger partial charge in [0, 0.05) is 5.56 Å². The van der Waals surface area contributed by atoms with E-state index in [1.807, 2.05) is 50.2 Å². The van der Waals surface area contributed by atoms with Crippen LogP contribution in [0.1, 0.15) is 25.5 Å².